The van der Waals surface area contributed by atoms with Crippen molar-refractivity contribution in [1.82, 2.24) is 9.88 Å². The SMILES string of the molecule is COc1ccc(N(Cc2ccc(C(=O)CN)cn2)C(=O)N2CCS(=O)(=O)CC2)cc1. The summed E-state index contributed by atoms with van der Waals surface area (Å²) in [5.74, 6) is 0.330. The highest BCUT2D eigenvalue weighted by Crippen LogP contribution is 2.23. The molecule has 2 aromatic rings. The van der Waals surface area contributed by atoms with Crippen molar-refractivity contribution < 1.29 is 22.7 Å². The molecule has 1 fully saturated rings. The average Bonchev–Trinajstić information content (AvgIpc) is 2.77. The van der Waals surface area contributed by atoms with Gasteiger partial charge in [0.2, 0.25) is 0 Å². The normalized spacial score (nSPS) is 15.5. The number of anilines is 1. The number of Topliss-reactive ketones (excluding diaryl/α,β-unsaturated/α-hetero) is 1. The molecule has 2 amide bonds. The lowest BCUT2D eigenvalue weighted by atomic mass is 10.1. The van der Waals surface area contributed by atoms with Crippen LogP contribution in [0, 0.1) is 0 Å². The highest BCUT2D eigenvalue weighted by Gasteiger charge is 2.29. The van der Waals surface area contributed by atoms with Gasteiger partial charge in [-0.1, -0.05) is 0 Å². The van der Waals surface area contributed by atoms with E-state index in [0.29, 0.717) is 22.7 Å². The Hall–Kier alpha value is -2.98. The molecule has 10 heteroatoms. The molecule has 0 spiro atoms. The molecule has 1 aliphatic heterocycles. The van der Waals surface area contributed by atoms with E-state index in [2.05, 4.69) is 4.98 Å². The molecule has 0 atom stereocenters. The fourth-order valence-electron chi connectivity index (χ4n) is 3.07. The number of methoxy groups -OCH3 is 1. The fourth-order valence-corrected chi connectivity index (χ4v) is 4.27. The maximum Gasteiger partial charge on any atom is 0.324 e. The summed E-state index contributed by atoms with van der Waals surface area (Å²) in [5, 5.41) is 0. The molecule has 1 aromatic carbocycles. The number of aromatic nitrogens is 1. The lowest BCUT2D eigenvalue weighted by Gasteiger charge is -2.33. The number of hydrogen-bond donors (Lipinski definition) is 1. The predicted molar refractivity (Wildman–Crippen MR) is 112 cm³/mol. The lowest BCUT2D eigenvalue weighted by Crippen LogP contribution is -2.49. The van der Waals surface area contributed by atoms with Crippen LogP contribution in [0.5, 0.6) is 5.75 Å². The third-order valence-electron chi connectivity index (χ3n) is 4.88. The predicted octanol–water partition coefficient (Wildman–Crippen LogP) is 1.09. The number of urea groups is 1. The Kier molecular flexibility index (Phi) is 6.68. The Morgan fingerprint density at radius 3 is 2.33 bits per heavy atom. The quantitative estimate of drug-likeness (QED) is 0.678. The first-order valence-electron chi connectivity index (χ1n) is 9.42. The lowest BCUT2D eigenvalue weighted by molar-refractivity contribution is 0.100. The summed E-state index contributed by atoms with van der Waals surface area (Å²) in [5.41, 5.74) is 6.99. The smallest absolute Gasteiger partial charge is 0.324 e. The maximum atomic E-state index is 13.2. The van der Waals surface area contributed by atoms with Gasteiger partial charge in [0.25, 0.3) is 0 Å². The van der Waals surface area contributed by atoms with Crippen LogP contribution in [0.15, 0.2) is 42.6 Å². The molecule has 0 aliphatic carbocycles. The third kappa shape index (κ3) is 5.14. The molecule has 0 bridgehead atoms. The average molecular weight is 433 g/mol. The Morgan fingerprint density at radius 2 is 1.80 bits per heavy atom. The zero-order valence-corrected chi connectivity index (χ0v) is 17.5. The van der Waals surface area contributed by atoms with Gasteiger partial charge in [-0.05, 0) is 36.4 Å². The summed E-state index contributed by atoms with van der Waals surface area (Å²) in [4.78, 5) is 32.3. The van der Waals surface area contributed by atoms with Gasteiger partial charge < -0.3 is 15.4 Å². The third-order valence-corrected chi connectivity index (χ3v) is 6.49. The zero-order chi connectivity index (χ0) is 21.7. The van der Waals surface area contributed by atoms with Gasteiger partial charge in [-0.2, -0.15) is 0 Å². The van der Waals surface area contributed by atoms with Gasteiger partial charge in [0, 0.05) is 30.5 Å². The summed E-state index contributed by atoms with van der Waals surface area (Å²) in [7, 11) is -1.55. The second-order valence-electron chi connectivity index (χ2n) is 6.87. The number of hydrogen-bond acceptors (Lipinski definition) is 7. The van der Waals surface area contributed by atoms with Crippen LogP contribution in [0.2, 0.25) is 0 Å². The van der Waals surface area contributed by atoms with Gasteiger partial charge in [0.15, 0.2) is 15.6 Å². The van der Waals surface area contributed by atoms with E-state index in [-0.39, 0.29) is 49.5 Å². The fraction of sp³-hybridized carbons (Fsp3) is 0.350. The van der Waals surface area contributed by atoms with E-state index in [4.69, 9.17) is 10.5 Å². The van der Waals surface area contributed by atoms with Crippen molar-refractivity contribution in [3.8, 4) is 5.75 Å². The van der Waals surface area contributed by atoms with Gasteiger partial charge >= 0.3 is 6.03 Å². The number of nitrogens with two attached hydrogens (primary N) is 1. The standard InChI is InChI=1S/C20H24N4O5S/c1-29-18-6-4-17(5-7-18)24(20(26)23-8-10-30(27,28)11-9-23)14-16-3-2-15(13-22-16)19(25)12-21/h2-7,13H,8-12,14,21H2,1H3. The molecule has 0 saturated carbocycles. The van der Waals surface area contributed by atoms with Gasteiger partial charge in [0.05, 0.1) is 37.4 Å². The van der Waals surface area contributed by atoms with E-state index in [0.717, 1.165) is 0 Å². The minimum absolute atomic E-state index is 0.0522. The summed E-state index contributed by atoms with van der Waals surface area (Å²) in [6.07, 6.45) is 1.44. The topological polar surface area (TPSA) is 123 Å². The molecule has 1 saturated heterocycles. The molecule has 0 radical (unpaired) electrons. The van der Waals surface area contributed by atoms with Crippen LogP contribution in [-0.4, -0.2) is 68.4 Å². The van der Waals surface area contributed by atoms with Crippen molar-refractivity contribution in [2.45, 2.75) is 6.54 Å². The van der Waals surface area contributed by atoms with Crippen LogP contribution < -0.4 is 15.4 Å². The second kappa shape index (κ2) is 9.23. The molecule has 0 unspecified atom stereocenters. The number of carbonyl (C=O) groups is 2. The van der Waals surface area contributed by atoms with Crippen molar-refractivity contribution in [3.05, 3.63) is 53.9 Å². The van der Waals surface area contributed by atoms with Gasteiger partial charge in [-0.25, -0.2) is 13.2 Å². The van der Waals surface area contributed by atoms with Crippen molar-refractivity contribution in [2.24, 2.45) is 5.73 Å². The molecule has 9 nitrogen and oxygen atoms in total. The Labute approximate surface area is 175 Å². The number of nitrogens with zero attached hydrogens (tertiary/aromatic N) is 3. The van der Waals surface area contributed by atoms with Crippen molar-refractivity contribution in [3.63, 3.8) is 0 Å². The van der Waals surface area contributed by atoms with Crippen LogP contribution >= 0.6 is 0 Å². The van der Waals surface area contributed by atoms with Crippen molar-refractivity contribution in [2.75, 3.05) is 43.1 Å². The summed E-state index contributed by atoms with van der Waals surface area (Å²) in [6, 6.07) is 9.99. The summed E-state index contributed by atoms with van der Waals surface area (Å²) < 4.78 is 28.6. The molecular weight excluding hydrogens is 408 g/mol. The number of amides is 2. The molecule has 3 rings (SSSR count). The van der Waals surface area contributed by atoms with E-state index in [9.17, 15) is 18.0 Å². The first kappa shape index (κ1) is 21.7. The number of sulfone groups is 1. The summed E-state index contributed by atoms with van der Waals surface area (Å²) >= 11 is 0. The number of benzene rings is 1. The Balaban J connectivity index is 1.85. The van der Waals surface area contributed by atoms with Gasteiger partial charge in [0.1, 0.15) is 5.75 Å². The Morgan fingerprint density at radius 1 is 1.13 bits per heavy atom. The summed E-state index contributed by atoms with van der Waals surface area (Å²) in [6.45, 7) is 0.344. The largest absolute Gasteiger partial charge is 0.497 e. The molecule has 160 valence electrons. The number of ketones is 1. The molecule has 1 aliphatic rings. The van der Waals surface area contributed by atoms with Crippen molar-refractivity contribution >= 4 is 27.3 Å². The highest BCUT2D eigenvalue weighted by molar-refractivity contribution is 7.91. The first-order valence-corrected chi connectivity index (χ1v) is 11.2. The van der Waals surface area contributed by atoms with E-state index < -0.39 is 9.84 Å². The van der Waals surface area contributed by atoms with Crippen LogP contribution in [0.4, 0.5) is 10.5 Å². The maximum absolute atomic E-state index is 13.2. The van der Waals surface area contributed by atoms with Crippen LogP contribution in [0.3, 0.4) is 0 Å². The van der Waals surface area contributed by atoms with Crippen LogP contribution in [-0.2, 0) is 16.4 Å². The van der Waals surface area contributed by atoms with Crippen LogP contribution in [0.25, 0.3) is 0 Å². The molecular formula is C20H24N4O5S. The van der Waals surface area contributed by atoms with E-state index in [1.807, 2.05) is 0 Å². The molecule has 2 heterocycles. The number of pyridine rings is 1. The highest BCUT2D eigenvalue weighted by atomic mass is 32.2. The van der Waals surface area contributed by atoms with Crippen molar-refractivity contribution in [1.29, 1.82) is 0 Å². The molecule has 2 N–H and O–H groups in total. The minimum Gasteiger partial charge on any atom is -0.497 e. The molecule has 30 heavy (non-hydrogen) atoms. The second-order valence-corrected chi connectivity index (χ2v) is 9.17. The van der Waals surface area contributed by atoms with Gasteiger partial charge in [-0.3, -0.25) is 14.7 Å². The zero-order valence-electron chi connectivity index (χ0n) is 16.7. The number of carbonyl (C=O) groups excluding carboxylic acids is 2. The first-order chi connectivity index (χ1) is 14.3. The van der Waals surface area contributed by atoms with Gasteiger partial charge in [-0.15, -0.1) is 0 Å². The minimum atomic E-state index is -3.11. The number of ether oxygens (including phenoxy) is 1. The van der Waals surface area contributed by atoms with E-state index in [1.54, 1.807) is 43.5 Å². The molecule has 1 aromatic heterocycles. The van der Waals surface area contributed by atoms with Crippen LogP contribution in [0.1, 0.15) is 16.1 Å². The van der Waals surface area contributed by atoms with E-state index in [1.165, 1.54) is 16.0 Å². The monoisotopic (exact) mass is 432 g/mol. The number of rotatable bonds is 6. The Bertz CT molecular complexity index is 992. The van der Waals surface area contributed by atoms with E-state index >= 15 is 0 Å².